The monoisotopic (exact) mass is 339 g/mol. The molecule has 1 aliphatic carbocycles. The minimum Gasteiger partial charge on any atom is -0.361 e. The molecule has 0 radical (unpaired) electrons. The molecule has 0 bridgehead atoms. The Balaban J connectivity index is 2.09. The van der Waals surface area contributed by atoms with Gasteiger partial charge in [-0.2, -0.15) is 0 Å². The van der Waals surface area contributed by atoms with Crippen LogP contribution in [-0.4, -0.2) is 0 Å². The van der Waals surface area contributed by atoms with Gasteiger partial charge < -0.3 is 5.32 Å². The summed E-state index contributed by atoms with van der Waals surface area (Å²) < 4.78 is 0. The van der Waals surface area contributed by atoms with Crippen LogP contribution in [0.1, 0.15) is 30.9 Å². The molecule has 1 heteroatoms. The fourth-order valence-electron chi connectivity index (χ4n) is 3.12. The minimum atomic E-state index is 1.07. The Morgan fingerprint density at radius 2 is 1.92 bits per heavy atom. The van der Waals surface area contributed by atoms with Gasteiger partial charge in [0.1, 0.15) is 0 Å². The van der Waals surface area contributed by atoms with Gasteiger partial charge in [0.15, 0.2) is 0 Å². The first kappa shape index (κ1) is 17.8. The summed E-state index contributed by atoms with van der Waals surface area (Å²) >= 11 is 0. The maximum atomic E-state index is 3.78. The molecule has 3 rings (SSSR count). The highest BCUT2D eigenvalue weighted by Crippen LogP contribution is 2.26. The number of allylic oxidation sites excluding steroid dienone is 12. The van der Waals surface area contributed by atoms with Crippen molar-refractivity contribution >= 4 is 11.6 Å². The lowest BCUT2D eigenvalue weighted by atomic mass is 9.95. The highest BCUT2D eigenvalue weighted by molar-refractivity contribution is 5.77. The number of nitrogens with one attached hydrogen (secondary N) is 1. The van der Waals surface area contributed by atoms with Crippen molar-refractivity contribution in [3.63, 3.8) is 0 Å². The summed E-state index contributed by atoms with van der Waals surface area (Å²) in [5.41, 5.74) is 7.21. The molecular formula is C25H25N. The van der Waals surface area contributed by atoms with Gasteiger partial charge in [-0.05, 0) is 59.8 Å². The molecule has 1 aromatic carbocycles. The summed E-state index contributed by atoms with van der Waals surface area (Å²) in [6.07, 6.45) is 25.4. The highest BCUT2D eigenvalue weighted by Gasteiger charge is 2.07. The number of benzene rings is 1. The van der Waals surface area contributed by atoms with Gasteiger partial charge >= 0.3 is 0 Å². The molecule has 2 aliphatic rings. The summed E-state index contributed by atoms with van der Waals surface area (Å²) in [6.45, 7) is 5.93. The first-order valence-corrected chi connectivity index (χ1v) is 9.07. The molecule has 0 spiro atoms. The van der Waals surface area contributed by atoms with Gasteiger partial charge in [-0.25, -0.2) is 0 Å². The van der Waals surface area contributed by atoms with Crippen LogP contribution in [0, 0.1) is 0 Å². The smallest absolute Gasteiger partial charge is 0.0415 e. The molecule has 0 aromatic heterocycles. The number of rotatable bonds is 3. The van der Waals surface area contributed by atoms with Crippen LogP contribution < -0.4 is 5.32 Å². The zero-order chi connectivity index (χ0) is 18.2. The Kier molecular flexibility index (Phi) is 6.05. The van der Waals surface area contributed by atoms with Crippen molar-refractivity contribution in [2.75, 3.05) is 0 Å². The Morgan fingerprint density at radius 1 is 1.04 bits per heavy atom. The normalized spacial score (nSPS) is 24.5. The van der Waals surface area contributed by atoms with Crippen molar-refractivity contribution < 1.29 is 0 Å². The van der Waals surface area contributed by atoms with Gasteiger partial charge in [-0.3, -0.25) is 0 Å². The number of hydrogen-bond donors (Lipinski definition) is 1. The zero-order valence-corrected chi connectivity index (χ0v) is 15.3. The van der Waals surface area contributed by atoms with Crippen LogP contribution in [-0.2, 0) is 0 Å². The van der Waals surface area contributed by atoms with Crippen LogP contribution in [0.15, 0.2) is 109 Å². The van der Waals surface area contributed by atoms with E-state index >= 15 is 0 Å². The van der Waals surface area contributed by atoms with Crippen LogP contribution >= 0.6 is 0 Å². The maximum Gasteiger partial charge on any atom is 0.0415 e. The van der Waals surface area contributed by atoms with Crippen molar-refractivity contribution in [2.24, 2.45) is 0 Å². The largest absolute Gasteiger partial charge is 0.361 e. The molecule has 0 fully saturated rings. The Labute approximate surface area is 156 Å². The van der Waals surface area contributed by atoms with E-state index < -0.39 is 0 Å². The van der Waals surface area contributed by atoms with E-state index in [1.807, 2.05) is 12.3 Å². The molecule has 1 nitrogen and oxygen atoms in total. The average molecular weight is 339 g/mol. The summed E-state index contributed by atoms with van der Waals surface area (Å²) in [5, 5.41) is 3.42. The lowest BCUT2D eigenvalue weighted by Crippen LogP contribution is -2.05. The fourth-order valence-corrected chi connectivity index (χ4v) is 3.12. The molecular weight excluding hydrogens is 314 g/mol. The Hall–Kier alpha value is -3.06. The minimum absolute atomic E-state index is 1.07. The molecule has 0 saturated heterocycles. The molecule has 1 N–H and O–H groups in total. The third-order valence-electron chi connectivity index (χ3n) is 4.55. The number of hydrogen-bond acceptors (Lipinski definition) is 1. The Morgan fingerprint density at radius 3 is 2.73 bits per heavy atom. The first-order valence-electron chi connectivity index (χ1n) is 9.07. The standard InChI is InChI=1S/C25H25N/c1-3-4-16-25-20(2)24-15-9-8-13-23(24)18-17-22(14-10-19-26-25)21-11-6-5-7-12-21/h3-4,6,8-19,26H,1,5,7H2,2H3/b16-4-,18-17-,19-10+,22-14+,25-20-. The molecule has 0 unspecified atom stereocenters. The van der Waals surface area contributed by atoms with Crippen molar-refractivity contribution in [2.45, 2.75) is 19.8 Å². The topological polar surface area (TPSA) is 12.0 Å². The molecule has 1 aliphatic heterocycles. The summed E-state index contributed by atoms with van der Waals surface area (Å²) in [6, 6.07) is 8.51. The number of fused-ring (bicyclic) bond motifs is 1. The van der Waals surface area contributed by atoms with E-state index in [4.69, 9.17) is 0 Å². The van der Waals surface area contributed by atoms with Gasteiger partial charge in [-0.1, -0.05) is 79.5 Å². The molecule has 26 heavy (non-hydrogen) atoms. The van der Waals surface area contributed by atoms with Crippen LogP contribution in [0.4, 0.5) is 0 Å². The lowest BCUT2D eigenvalue weighted by molar-refractivity contribution is 1.02. The van der Waals surface area contributed by atoms with E-state index in [-0.39, 0.29) is 0 Å². The lowest BCUT2D eigenvalue weighted by Gasteiger charge is -2.12. The third kappa shape index (κ3) is 4.31. The third-order valence-corrected chi connectivity index (χ3v) is 4.55. The second kappa shape index (κ2) is 8.87. The van der Waals surface area contributed by atoms with E-state index in [9.17, 15) is 0 Å². The predicted octanol–water partition coefficient (Wildman–Crippen LogP) is 6.49. The fraction of sp³-hybridized carbons (Fsp3) is 0.120. The summed E-state index contributed by atoms with van der Waals surface area (Å²) in [7, 11) is 0. The van der Waals surface area contributed by atoms with Crippen molar-refractivity contribution in [1.29, 1.82) is 0 Å². The SMILES string of the molecule is C=C/C=C\C1=C(/C)c2ccccc2\C=C/C(C2=CCCC=C2)=C\C=C\N1. The first-order chi connectivity index (χ1) is 12.8. The molecule has 0 saturated carbocycles. The van der Waals surface area contributed by atoms with Gasteiger partial charge in [0.25, 0.3) is 0 Å². The maximum absolute atomic E-state index is 3.78. The van der Waals surface area contributed by atoms with Gasteiger partial charge in [0.2, 0.25) is 0 Å². The van der Waals surface area contributed by atoms with Gasteiger partial charge in [-0.15, -0.1) is 0 Å². The molecule has 0 amide bonds. The highest BCUT2D eigenvalue weighted by atomic mass is 14.8. The summed E-state index contributed by atoms with van der Waals surface area (Å²) in [4.78, 5) is 0. The van der Waals surface area contributed by atoms with E-state index in [1.165, 1.54) is 27.8 Å². The van der Waals surface area contributed by atoms with Crippen molar-refractivity contribution in [3.8, 4) is 0 Å². The summed E-state index contributed by atoms with van der Waals surface area (Å²) in [5.74, 6) is 0. The zero-order valence-electron chi connectivity index (χ0n) is 15.3. The second-order valence-electron chi connectivity index (χ2n) is 6.32. The van der Waals surface area contributed by atoms with E-state index in [1.54, 1.807) is 6.08 Å². The van der Waals surface area contributed by atoms with E-state index in [0.717, 1.165) is 18.5 Å². The van der Waals surface area contributed by atoms with Crippen molar-refractivity contribution in [3.05, 3.63) is 120 Å². The molecule has 1 aromatic rings. The van der Waals surface area contributed by atoms with E-state index in [2.05, 4.69) is 91.7 Å². The molecule has 1 heterocycles. The van der Waals surface area contributed by atoms with Gasteiger partial charge in [0, 0.05) is 11.9 Å². The quantitative estimate of drug-likeness (QED) is 0.620. The molecule has 130 valence electrons. The average Bonchev–Trinajstić information content (AvgIpc) is 2.72. The Bertz CT molecular complexity index is 882. The van der Waals surface area contributed by atoms with Crippen LogP contribution in [0.3, 0.4) is 0 Å². The van der Waals surface area contributed by atoms with Crippen LogP contribution in [0.5, 0.6) is 0 Å². The van der Waals surface area contributed by atoms with Crippen LogP contribution in [0.2, 0.25) is 0 Å². The molecule has 0 atom stereocenters. The second-order valence-corrected chi connectivity index (χ2v) is 6.32. The van der Waals surface area contributed by atoms with E-state index in [0.29, 0.717) is 0 Å². The van der Waals surface area contributed by atoms with Crippen molar-refractivity contribution in [1.82, 2.24) is 5.32 Å². The van der Waals surface area contributed by atoms with Gasteiger partial charge in [0.05, 0.1) is 0 Å². The predicted molar refractivity (Wildman–Crippen MR) is 114 cm³/mol. The van der Waals surface area contributed by atoms with Crippen LogP contribution in [0.25, 0.3) is 11.6 Å².